The van der Waals surface area contributed by atoms with Crippen molar-refractivity contribution in [2.75, 3.05) is 10.2 Å². The van der Waals surface area contributed by atoms with Crippen molar-refractivity contribution in [1.29, 1.82) is 0 Å². The Hall–Kier alpha value is -4.32. The van der Waals surface area contributed by atoms with Gasteiger partial charge in [-0.1, -0.05) is 137 Å². The number of hydrogen-bond donors (Lipinski definition) is 1. The second-order valence-electron chi connectivity index (χ2n) is 17.9. The van der Waals surface area contributed by atoms with Crippen LogP contribution in [-0.4, -0.2) is 7.28 Å². The fourth-order valence-electron chi connectivity index (χ4n) is 9.76. The SMILES string of the molecule is Cc1cc(-c2cccc3c2Nc2ccccc2C3(C)C)c2c(c1)N(c1cc3c(cc1C)C(C)(C)CCC3(C)C)c1cc3c(cc1B2)Sc1ccccc1S3. The predicted octanol–water partition coefficient (Wildman–Crippen LogP) is 12.5. The van der Waals surface area contributed by atoms with Gasteiger partial charge >= 0.3 is 0 Å². The van der Waals surface area contributed by atoms with Gasteiger partial charge in [0.2, 0.25) is 0 Å². The summed E-state index contributed by atoms with van der Waals surface area (Å²) >= 11 is 3.84. The van der Waals surface area contributed by atoms with Crippen LogP contribution in [-0.2, 0) is 16.2 Å². The van der Waals surface area contributed by atoms with E-state index in [0.29, 0.717) is 0 Å². The molecule has 0 aromatic heterocycles. The van der Waals surface area contributed by atoms with E-state index in [0.717, 1.165) is 7.28 Å². The summed E-state index contributed by atoms with van der Waals surface area (Å²) in [7, 11) is 0.878. The molecule has 54 heavy (non-hydrogen) atoms. The van der Waals surface area contributed by atoms with Crippen LogP contribution in [0.3, 0.4) is 0 Å². The van der Waals surface area contributed by atoms with Crippen LogP contribution >= 0.6 is 23.5 Å². The van der Waals surface area contributed by atoms with Crippen molar-refractivity contribution in [3.8, 4) is 11.1 Å². The maximum Gasteiger partial charge on any atom is 0.198 e. The summed E-state index contributed by atoms with van der Waals surface area (Å²) in [6.07, 6.45) is 2.40. The van der Waals surface area contributed by atoms with Crippen LogP contribution < -0.4 is 21.1 Å². The van der Waals surface area contributed by atoms with Crippen LogP contribution in [0.5, 0.6) is 0 Å². The normalized spacial score (nSPS) is 17.7. The van der Waals surface area contributed by atoms with Gasteiger partial charge in [0, 0.05) is 53.3 Å². The van der Waals surface area contributed by atoms with Gasteiger partial charge in [0.15, 0.2) is 7.28 Å². The van der Waals surface area contributed by atoms with Crippen LogP contribution in [0.15, 0.2) is 123 Å². The molecule has 0 fully saturated rings. The van der Waals surface area contributed by atoms with Crippen LogP contribution in [0.1, 0.15) is 87.8 Å². The summed E-state index contributed by atoms with van der Waals surface area (Å²) in [5.74, 6) is 0. The van der Waals surface area contributed by atoms with Crippen LogP contribution in [0.2, 0.25) is 0 Å². The summed E-state index contributed by atoms with van der Waals surface area (Å²) in [5, 5.41) is 3.94. The largest absolute Gasteiger partial charge is 0.355 e. The van der Waals surface area contributed by atoms with Crippen molar-refractivity contribution in [1.82, 2.24) is 0 Å². The molecular formula is C49H47BN2S2. The lowest BCUT2D eigenvalue weighted by atomic mass is 9.57. The maximum atomic E-state index is 3.94. The quantitative estimate of drug-likeness (QED) is 0.178. The first-order chi connectivity index (χ1) is 25.8. The molecule has 0 saturated heterocycles. The van der Waals surface area contributed by atoms with Crippen molar-refractivity contribution in [3.05, 3.63) is 137 Å². The molecule has 268 valence electrons. The van der Waals surface area contributed by atoms with Gasteiger partial charge in [0.25, 0.3) is 0 Å². The lowest BCUT2D eigenvalue weighted by molar-refractivity contribution is 0.332. The first-order valence-corrected chi connectivity index (χ1v) is 21.1. The monoisotopic (exact) mass is 738 g/mol. The van der Waals surface area contributed by atoms with E-state index in [-0.39, 0.29) is 16.2 Å². The van der Waals surface area contributed by atoms with Crippen molar-refractivity contribution in [3.63, 3.8) is 0 Å². The highest BCUT2D eigenvalue weighted by atomic mass is 32.2. The lowest BCUT2D eigenvalue weighted by Gasteiger charge is -2.44. The Bertz CT molecular complexity index is 2580. The molecule has 0 amide bonds. The number of rotatable bonds is 2. The molecule has 3 heterocycles. The molecule has 0 spiro atoms. The third-order valence-electron chi connectivity index (χ3n) is 13.0. The topological polar surface area (TPSA) is 15.3 Å². The summed E-state index contributed by atoms with van der Waals surface area (Å²) < 4.78 is 0. The second kappa shape index (κ2) is 11.8. The van der Waals surface area contributed by atoms with Crippen LogP contribution in [0, 0.1) is 13.8 Å². The number of hydrogen-bond acceptors (Lipinski definition) is 4. The van der Waals surface area contributed by atoms with E-state index in [9.17, 15) is 0 Å². The highest BCUT2D eigenvalue weighted by Crippen LogP contribution is 2.54. The Labute approximate surface area is 330 Å². The number of para-hydroxylation sites is 2. The van der Waals surface area contributed by atoms with Crippen molar-refractivity contribution in [2.24, 2.45) is 0 Å². The number of nitrogens with zero attached hydrogens (tertiary/aromatic N) is 1. The molecule has 2 nitrogen and oxygen atoms in total. The molecular weight excluding hydrogens is 691 g/mol. The lowest BCUT2D eigenvalue weighted by Crippen LogP contribution is -2.42. The summed E-state index contributed by atoms with van der Waals surface area (Å²) in [4.78, 5) is 8.04. The van der Waals surface area contributed by atoms with Gasteiger partial charge in [-0.3, -0.25) is 0 Å². The van der Waals surface area contributed by atoms with Gasteiger partial charge in [-0.15, -0.1) is 0 Å². The minimum absolute atomic E-state index is 0.108. The Morgan fingerprint density at radius 1 is 0.574 bits per heavy atom. The molecule has 0 saturated carbocycles. The zero-order chi connectivity index (χ0) is 37.3. The fourth-order valence-corrected chi connectivity index (χ4v) is 12.1. The van der Waals surface area contributed by atoms with Gasteiger partial charge < -0.3 is 10.2 Å². The minimum atomic E-state index is -0.124. The Morgan fingerprint density at radius 2 is 1.22 bits per heavy atom. The standard InChI is InChI=1S/C49H47BN2S2/c1-28-22-31(30-14-13-16-33-46(30)51-37-17-10-9-15-32(37)49(33,7)8)45-40(23-28)52(38-25-35-34(24-29(38)2)47(3,4)20-21-48(35,5)6)39-27-44-43(26-36(39)50-45)53-41-18-11-12-19-42(41)54-44/h9-19,22-27,50-51H,20-21H2,1-8H3. The van der Waals surface area contributed by atoms with Crippen molar-refractivity contribution >= 4 is 70.2 Å². The first-order valence-electron chi connectivity index (χ1n) is 19.5. The summed E-state index contributed by atoms with van der Waals surface area (Å²) in [5.41, 5.74) is 20.2. The highest BCUT2D eigenvalue weighted by molar-refractivity contribution is 8.05. The fraction of sp³-hybridized carbons (Fsp3) is 0.265. The molecule has 0 bridgehead atoms. The molecule has 1 N–H and O–H groups in total. The molecule has 1 aliphatic carbocycles. The van der Waals surface area contributed by atoms with Crippen molar-refractivity contribution in [2.45, 2.75) is 104 Å². The molecule has 6 aromatic rings. The van der Waals surface area contributed by atoms with Gasteiger partial charge in [-0.25, -0.2) is 0 Å². The minimum Gasteiger partial charge on any atom is -0.355 e. The average molecular weight is 739 g/mol. The second-order valence-corrected chi connectivity index (χ2v) is 20.0. The predicted molar refractivity (Wildman–Crippen MR) is 234 cm³/mol. The average Bonchev–Trinajstić information content (AvgIpc) is 3.14. The van der Waals surface area contributed by atoms with Crippen molar-refractivity contribution < 1.29 is 0 Å². The van der Waals surface area contributed by atoms with Crippen LogP contribution in [0.25, 0.3) is 11.1 Å². The van der Waals surface area contributed by atoms with E-state index in [1.807, 2.05) is 23.5 Å². The van der Waals surface area contributed by atoms with E-state index in [2.05, 4.69) is 169 Å². The molecule has 0 radical (unpaired) electrons. The Kier molecular flexibility index (Phi) is 7.50. The smallest absolute Gasteiger partial charge is 0.198 e. The number of aryl methyl sites for hydroxylation is 2. The van der Waals surface area contributed by atoms with E-state index in [1.54, 1.807) is 0 Å². The zero-order valence-electron chi connectivity index (χ0n) is 32.7. The third kappa shape index (κ3) is 5.10. The number of nitrogens with one attached hydrogen (secondary N) is 1. The molecule has 4 aliphatic rings. The van der Waals surface area contributed by atoms with Crippen LogP contribution in [0.4, 0.5) is 28.4 Å². The van der Waals surface area contributed by atoms with E-state index in [4.69, 9.17) is 0 Å². The molecule has 0 atom stereocenters. The first kappa shape index (κ1) is 34.2. The van der Waals surface area contributed by atoms with Gasteiger partial charge in [0.05, 0.1) is 5.69 Å². The molecule has 0 unspecified atom stereocenters. The Morgan fingerprint density at radius 3 is 1.96 bits per heavy atom. The highest BCUT2D eigenvalue weighted by Gasteiger charge is 2.40. The number of anilines is 5. The van der Waals surface area contributed by atoms with E-state index < -0.39 is 0 Å². The Balaban J connectivity index is 1.22. The number of fused-ring (bicyclic) bond motifs is 7. The van der Waals surface area contributed by atoms with Gasteiger partial charge in [-0.2, -0.15) is 0 Å². The zero-order valence-corrected chi connectivity index (χ0v) is 34.3. The van der Waals surface area contributed by atoms with Gasteiger partial charge in [0.1, 0.15) is 0 Å². The van der Waals surface area contributed by atoms with Gasteiger partial charge in [-0.05, 0) is 118 Å². The molecule has 5 heteroatoms. The van der Waals surface area contributed by atoms with E-state index in [1.165, 1.54) is 116 Å². The van der Waals surface area contributed by atoms with E-state index >= 15 is 0 Å². The maximum absolute atomic E-state index is 3.94. The number of benzene rings is 6. The molecule has 3 aliphatic heterocycles. The summed E-state index contributed by atoms with van der Waals surface area (Å²) in [6.45, 7) is 19.1. The molecule has 6 aromatic carbocycles. The summed E-state index contributed by atoms with van der Waals surface area (Å²) in [6, 6.07) is 39.7. The third-order valence-corrected chi connectivity index (χ3v) is 15.5. The molecule has 10 rings (SSSR count).